The van der Waals surface area contributed by atoms with Crippen molar-refractivity contribution in [3.05, 3.63) is 72.4 Å². The molecule has 3 rings (SSSR count). The largest absolute Gasteiger partial charge is 0.355 e. The van der Waals surface area contributed by atoms with Crippen molar-refractivity contribution in [3.8, 4) is 0 Å². The van der Waals surface area contributed by atoms with Crippen LogP contribution in [0.5, 0.6) is 0 Å². The molecule has 0 bridgehead atoms. The minimum atomic E-state index is 0.897. The van der Waals surface area contributed by atoms with Gasteiger partial charge in [-0.2, -0.15) is 0 Å². The third kappa shape index (κ3) is 1.97. The molecule has 0 amide bonds. The lowest BCUT2D eigenvalue weighted by atomic mass is 10.1. The molecule has 0 saturated heterocycles. The maximum absolute atomic E-state index is 2.27. The van der Waals surface area contributed by atoms with Crippen LogP contribution in [0.15, 0.2) is 66.9 Å². The van der Waals surface area contributed by atoms with Crippen molar-refractivity contribution in [3.63, 3.8) is 0 Å². The molecular weight excluding hydrogens is 220 g/mol. The van der Waals surface area contributed by atoms with E-state index in [2.05, 4.69) is 71.6 Å². The molecule has 0 radical (unpaired) electrons. The van der Waals surface area contributed by atoms with Crippen molar-refractivity contribution in [1.82, 2.24) is 4.90 Å². The predicted molar refractivity (Wildman–Crippen MR) is 76.0 cm³/mol. The average Bonchev–Trinajstić information content (AvgIpc) is 2.83. The summed E-state index contributed by atoms with van der Waals surface area (Å²) in [6.45, 7) is 0.897. The molecule has 0 aromatic heterocycles. The summed E-state index contributed by atoms with van der Waals surface area (Å²) in [7, 11) is 2.13. The van der Waals surface area contributed by atoms with Gasteiger partial charge >= 0.3 is 0 Å². The fourth-order valence-electron chi connectivity index (χ4n) is 2.27. The number of hydrogen-bond donors (Lipinski definition) is 0. The van der Waals surface area contributed by atoms with Gasteiger partial charge in [-0.1, -0.05) is 48.5 Å². The van der Waals surface area contributed by atoms with Gasteiger partial charge < -0.3 is 9.80 Å². The highest BCUT2D eigenvalue weighted by molar-refractivity contribution is 5.70. The number of nitrogens with zero attached hydrogens (tertiary/aromatic N) is 2. The summed E-state index contributed by atoms with van der Waals surface area (Å²) in [5.74, 6) is 0. The van der Waals surface area contributed by atoms with Crippen molar-refractivity contribution >= 4 is 11.4 Å². The zero-order valence-corrected chi connectivity index (χ0v) is 10.5. The predicted octanol–water partition coefficient (Wildman–Crippen LogP) is 3.39. The van der Waals surface area contributed by atoms with Gasteiger partial charge in [-0.3, -0.25) is 0 Å². The van der Waals surface area contributed by atoms with Crippen LogP contribution in [0, 0.1) is 0 Å². The minimum absolute atomic E-state index is 0.897. The maximum atomic E-state index is 2.27. The maximum Gasteiger partial charge on any atom is 0.0944 e. The summed E-state index contributed by atoms with van der Waals surface area (Å²) in [6, 6.07) is 21.0. The molecule has 0 fully saturated rings. The van der Waals surface area contributed by atoms with Gasteiger partial charge in [-0.05, 0) is 17.7 Å². The van der Waals surface area contributed by atoms with Crippen molar-refractivity contribution in [2.75, 3.05) is 18.6 Å². The van der Waals surface area contributed by atoms with Crippen LogP contribution in [0.3, 0.4) is 0 Å². The lowest BCUT2D eigenvalue weighted by Crippen LogP contribution is -2.22. The van der Waals surface area contributed by atoms with Gasteiger partial charge in [0.15, 0.2) is 0 Å². The second-order valence-corrected chi connectivity index (χ2v) is 4.53. The van der Waals surface area contributed by atoms with Crippen LogP contribution in [0.1, 0.15) is 5.56 Å². The monoisotopic (exact) mass is 236 g/mol. The van der Waals surface area contributed by atoms with Gasteiger partial charge in [0, 0.05) is 18.9 Å². The zero-order valence-electron chi connectivity index (χ0n) is 10.5. The lowest BCUT2D eigenvalue weighted by Gasteiger charge is -2.19. The van der Waals surface area contributed by atoms with E-state index in [0.717, 1.165) is 6.67 Å². The van der Waals surface area contributed by atoms with E-state index >= 15 is 0 Å². The Kier molecular flexibility index (Phi) is 2.77. The van der Waals surface area contributed by atoms with Gasteiger partial charge in [0.2, 0.25) is 0 Å². The SMILES string of the molecule is CN1CN(c2ccccc2)C=C1c1ccccc1. The van der Waals surface area contributed by atoms with E-state index in [4.69, 9.17) is 0 Å². The van der Waals surface area contributed by atoms with E-state index in [-0.39, 0.29) is 0 Å². The summed E-state index contributed by atoms with van der Waals surface area (Å²) in [5.41, 5.74) is 3.76. The third-order valence-electron chi connectivity index (χ3n) is 3.21. The van der Waals surface area contributed by atoms with E-state index in [9.17, 15) is 0 Å². The normalized spacial score (nSPS) is 14.8. The molecule has 0 spiro atoms. The van der Waals surface area contributed by atoms with E-state index in [0.29, 0.717) is 0 Å². The smallest absolute Gasteiger partial charge is 0.0944 e. The molecule has 2 nitrogen and oxygen atoms in total. The Bertz CT molecular complexity index is 546. The zero-order chi connectivity index (χ0) is 12.4. The van der Waals surface area contributed by atoms with Crippen LogP contribution in [0.25, 0.3) is 5.70 Å². The van der Waals surface area contributed by atoms with E-state index in [1.54, 1.807) is 0 Å². The standard InChI is InChI=1S/C16H16N2/c1-17-13-18(15-10-6-3-7-11-15)12-16(17)14-8-4-2-5-9-14/h2-12H,13H2,1H3. The second kappa shape index (κ2) is 4.57. The highest BCUT2D eigenvalue weighted by Gasteiger charge is 2.19. The molecule has 1 aliphatic rings. The summed E-state index contributed by atoms with van der Waals surface area (Å²) >= 11 is 0. The quantitative estimate of drug-likeness (QED) is 0.788. The first-order chi connectivity index (χ1) is 8.84. The van der Waals surface area contributed by atoms with E-state index in [1.165, 1.54) is 16.9 Å². The van der Waals surface area contributed by atoms with E-state index in [1.807, 2.05) is 12.1 Å². The second-order valence-electron chi connectivity index (χ2n) is 4.53. The first-order valence-corrected chi connectivity index (χ1v) is 6.15. The Morgan fingerprint density at radius 1 is 0.833 bits per heavy atom. The summed E-state index contributed by atoms with van der Waals surface area (Å²) in [4.78, 5) is 4.53. The first-order valence-electron chi connectivity index (χ1n) is 6.15. The van der Waals surface area contributed by atoms with Gasteiger partial charge in [0.05, 0.1) is 12.4 Å². The number of para-hydroxylation sites is 1. The molecule has 0 saturated carbocycles. The van der Waals surface area contributed by atoms with Crippen LogP contribution in [-0.4, -0.2) is 18.6 Å². The van der Waals surface area contributed by atoms with Gasteiger partial charge in [0.25, 0.3) is 0 Å². The molecule has 0 unspecified atom stereocenters. The molecule has 0 N–H and O–H groups in total. The Morgan fingerprint density at radius 2 is 1.44 bits per heavy atom. The van der Waals surface area contributed by atoms with Crippen molar-refractivity contribution in [2.45, 2.75) is 0 Å². The molecule has 2 aromatic rings. The Hall–Kier alpha value is -2.22. The van der Waals surface area contributed by atoms with Crippen molar-refractivity contribution < 1.29 is 0 Å². The third-order valence-corrected chi connectivity index (χ3v) is 3.21. The molecular formula is C16H16N2. The number of rotatable bonds is 2. The summed E-state index contributed by atoms with van der Waals surface area (Å²) in [6.07, 6.45) is 2.21. The van der Waals surface area contributed by atoms with Crippen LogP contribution >= 0.6 is 0 Å². The van der Waals surface area contributed by atoms with Gasteiger partial charge in [-0.15, -0.1) is 0 Å². The van der Waals surface area contributed by atoms with Crippen LogP contribution in [0.2, 0.25) is 0 Å². The number of benzene rings is 2. The lowest BCUT2D eigenvalue weighted by molar-refractivity contribution is 0.516. The minimum Gasteiger partial charge on any atom is -0.355 e. The fraction of sp³-hybridized carbons (Fsp3) is 0.125. The molecule has 0 aliphatic carbocycles. The van der Waals surface area contributed by atoms with Gasteiger partial charge in [-0.25, -0.2) is 0 Å². The molecule has 1 aliphatic heterocycles. The molecule has 18 heavy (non-hydrogen) atoms. The summed E-state index contributed by atoms with van der Waals surface area (Å²) < 4.78 is 0. The summed E-state index contributed by atoms with van der Waals surface area (Å²) in [5, 5.41) is 0. The first kappa shape index (κ1) is 10.9. The topological polar surface area (TPSA) is 6.48 Å². The Labute approximate surface area is 108 Å². The molecule has 90 valence electrons. The number of anilines is 1. The highest BCUT2D eigenvalue weighted by Crippen LogP contribution is 2.27. The number of hydrogen-bond acceptors (Lipinski definition) is 2. The highest BCUT2D eigenvalue weighted by atomic mass is 15.3. The molecule has 0 atom stereocenters. The molecule has 2 aromatic carbocycles. The Balaban J connectivity index is 1.93. The Morgan fingerprint density at radius 3 is 2.11 bits per heavy atom. The van der Waals surface area contributed by atoms with Crippen molar-refractivity contribution in [2.24, 2.45) is 0 Å². The average molecular weight is 236 g/mol. The van der Waals surface area contributed by atoms with Crippen LogP contribution < -0.4 is 4.90 Å². The fourth-order valence-corrected chi connectivity index (χ4v) is 2.27. The van der Waals surface area contributed by atoms with Crippen LogP contribution in [0.4, 0.5) is 5.69 Å². The molecule has 2 heteroatoms. The molecule has 1 heterocycles. The van der Waals surface area contributed by atoms with Crippen molar-refractivity contribution in [1.29, 1.82) is 0 Å². The van der Waals surface area contributed by atoms with Crippen LogP contribution in [-0.2, 0) is 0 Å². The van der Waals surface area contributed by atoms with Gasteiger partial charge in [0.1, 0.15) is 0 Å². The van der Waals surface area contributed by atoms with E-state index < -0.39 is 0 Å².